The van der Waals surface area contributed by atoms with Gasteiger partial charge in [-0.2, -0.15) is 0 Å². The van der Waals surface area contributed by atoms with E-state index in [0.717, 1.165) is 12.1 Å². The first kappa shape index (κ1) is 10.2. The Kier molecular flexibility index (Phi) is 2.45. The predicted molar refractivity (Wildman–Crippen MR) is 72.0 cm³/mol. The summed E-state index contributed by atoms with van der Waals surface area (Å²) >= 11 is 0. The second-order valence-electron chi connectivity index (χ2n) is 4.51. The van der Waals surface area contributed by atoms with Crippen molar-refractivity contribution in [3.8, 4) is 0 Å². The Labute approximate surface area is 102 Å². The van der Waals surface area contributed by atoms with Crippen molar-refractivity contribution < 1.29 is 0 Å². The molecular formula is C16H15N. The molecule has 0 radical (unpaired) electrons. The van der Waals surface area contributed by atoms with E-state index < -0.39 is 0 Å². The summed E-state index contributed by atoms with van der Waals surface area (Å²) in [6, 6.07) is 10.5. The first-order valence-corrected chi connectivity index (χ1v) is 5.95. The molecule has 1 aromatic carbocycles. The fourth-order valence-electron chi connectivity index (χ4n) is 2.48. The highest BCUT2D eigenvalue weighted by atomic mass is 14.6. The van der Waals surface area contributed by atoms with Crippen molar-refractivity contribution >= 4 is 5.57 Å². The van der Waals surface area contributed by atoms with Crippen LogP contribution in [0, 0.1) is 5.92 Å². The van der Waals surface area contributed by atoms with Crippen LogP contribution in [-0.4, -0.2) is 0 Å². The molecule has 17 heavy (non-hydrogen) atoms. The van der Waals surface area contributed by atoms with Gasteiger partial charge in [-0.1, -0.05) is 54.6 Å². The maximum Gasteiger partial charge on any atom is 0.00898 e. The van der Waals surface area contributed by atoms with Gasteiger partial charge in [-0.05, 0) is 29.2 Å². The third-order valence-corrected chi connectivity index (χ3v) is 3.33. The molecule has 3 rings (SSSR count). The Morgan fingerprint density at radius 1 is 1.00 bits per heavy atom. The predicted octanol–water partition coefficient (Wildman–Crippen LogP) is 3.43. The van der Waals surface area contributed by atoms with Crippen molar-refractivity contribution in [2.45, 2.75) is 6.42 Å². The monoisotopic (exact) mass is 221 g/mol. The van der Waals surface area contributed by atoms with Crippen molar-refractivity contribution in [3.63, 3.8) is 0 Å². The molecule has 0 spiro atoms. The topological polar surface area (TPSA) is 26.0 Å². The minimum absolute atomic E-state index is 0.445. The Bertz CT molecular complexity index is 544. The first-order valence-electron chi connectivity index (χ1n) is 5.95. The molecule has 0 bridgehead atoms. The van der Waals surface area contributed by atoms with Gasteiger partial charge in [0.05, 0.1) is 0 Å². The minimum Gasteiger partial charge on any atom is -0.402 e. The zero-order valence-corrected chi connectivity index (χ0v) is 9.64. The van der Waals surface area contributed by atoms with E-state index in [1.807, 2.05) is 12.1 Å². The molecule has 2 aliphatic carbocycles. The first-order chi connectivity index (χ1) is 8.34. The second kappa shape index (κ2) is 4.10. The molecule has 0 heterocycles. The SMILES string of the molecule is NC1=CC=C2C(c3ccccc3)=CC=CC2C1. The van der Waals surface area contributed by atoms with E-state index in [4.69, 9.17) is 5.73 Å². The molecule has 1 unspecified atom stereocenters. The van der Waals surface area contributed by atoms with Gasteiger partial charge in [-0.25, -0.2) is 0 Å². The Morgan fingerprint density at radius 3 is 2.65 bits per heavy atom. The number of hydrogen-bond donors (Lipinski definition) is 1. The zero-order chi connectivity index (χ0) is 11.7. The highest BCUT2D eigenvalue weighted by Gasteiger charge is 2.21. The van der Waals surface area contributed by atoms with E-state index >= 15 is 0 Å². The lowest BCUT2D eigenvalue weighted by Crippen LogP contribution is -2.14. The molecule has 0 fully saturated rings. The summed E-state index contributed by atoms with van der Waals surface area (Å²) in [7, 11) is 0. The van der Waals surface area contributed by atoms with Crippen LogP contribution >= 0.6 is 0 Å². The smallest absolute Gasteiger partial charge is 0.00898 e. The van der Waals surface area contributed by atoms with Crippen molar-refractivity contribution in [3.05, 3.63) is 77.5 Å². The molecule has 0 aliphatic heterocycles. The molecule has 2 N–H and O–H groups in total. The summed E-state index contributed by atoms with van der Waals surface area (Å²) in [5.74, 6) is 0.445. The third-order valence-electron chi connectivity index (χ3n) is 3.33. The molecule has 0 amide bonds. The molecule has 1 heteroatoms. The Morgan fingerprint density at radius 2 is 1.82 bits per heavy atom. The van der Waals surface area contributed by atoms with E-state index in [2.05, 4.69) is 48.6 Å². The van der Waals surface area contributed by atoms with Gasteiger partial charge < -0.3 is 5.73 Å². The molecule has 1 atom stereocenters. The van der Waals surface area contributed by atoms with Crippen LogP contribution in [0.5, 0.6) is 0 Å². The molecule has 84 valence electrons. The Balaban J connectivity index is 2.06. The molecule has 0 saturated carbocycles. The largest absolute Gasteiger partial charge is 0.402 e. The Hall–Kier alpha value is -2.02. The lowest BCUT2D eigenvalue weighted by atomic mass is 9.80. The van der Waals surface area contributed by atoms with E-state index in [-0.39, 0.29) is 0 Å². The molecule has 0 saturated heterocycles. The van der Waals surface area contributed by atoms with Crippen molar-refractivity contribution in [2.75, 3.05) is 0 Å². The van der Waals surface area contributed by atoms with E-state index in [0.29, 0.717) is 5.92 Å². The number of rotatable bonds is 1. The number of fused-ring (bicyclic) bond motifs is 1. The van der Waals surface area contributed by atoms with Gasteiger partial charge >= 0.3 is 0 Å². The van der Waals surface area contributed by atoms with Gasteiger partial charge in [0.25, 0.3) is 0 Å². The van der Waals surface area contributed by atoms with Crippen molar-refractivity contribution in [1.29, 1.82) is 0 Å². The summed E-state index contributed by atoms with van der Waals surface area (Å²) < 4.78 is 0. The van der Waals surface area contributed by atoms with Gasteiger partial charge in [-0.15, -0.1) is 0 Å². The van der Waals surface area contributed by atoms with E-state index in [1.54, 1.807) is 0 Å². The highest BCUT2D eigenvalue weighted by molar-refractivity contribution is 5.83. The van der Waals surface area contributed by atoms with Gasteiger partial charge in [0.15, 0.2) is 0 Å². The normalized spacial score (nSPS) is 22.4. The van der Waals surface area contributed by atoms with Gasteiger partial charge in [-0.3, -0.25) is 0 Å². The maximum absolute atomic E-state index is 5.89. The zero-order valence-electron chi connectivity index (χ0n) is 9.64. The maximum atomic E-state index is 5.89. The molecule has 1 nitrogen and oxygen atoms in total. The van der Waals surface area contributed by atoms with Crippen LogP contribution in [-0.2, 0) is 0 Å². The van der Waals surface area contributed by atoms with Crippen LogP contribution in [0.2, 0.25) is 0 Å². The number of allylic oxidation sites excluding steroid dienone is 8. The molecule has 1 aromatic rings. The van der Waals surface area contributed by atoms with E-state index in [9.17, 15) is 0 Å². The number of hydrogen-bond acceptors (Lipinski definition) is 1. The summed E-state index contributed by atoms with van der Waals surface area (Å²) in [5, 5.41) is 0. The second-order valence-corrected chi connectivity index (χ2v) is 4.51. The summed E-state index contributed by atoms with van der Waals surface area (Å²) in [6.45, 7) is 0. The van der Waals surface area contributed by atoms with Crippen molar-refractivity contribution in [2.24, 2.45) is 11.7 Å². The third kappa shape index (κ3) is 1.84. The summed E-state index contributed by atoms with van der Waals surface area (Å²) in [4.78, 5) is 0. The van der Waals surface area contributed by atoms with Gasteiger partial charge in [0, 0.05) is 11.6 Å². The minimum atomic E-state index is 0.445. The lowest BCUT2D eigenvalue weighted by molar-refractivity contribution is 0.744. The van der Waals surface area contributed by atoms with Crippen LogP contribution in [0.3, 0.4) is 0 Å². The van der Waals surface area contributed by atoms with Crippen LogP contribution in [0.4, 0.5) is 0 Å². The fourth-order valence-corrected chi connectivity index (χ4v) is 2.48. The van der Waals surface area contributed by atoms with Crippen LogP contribution in [0.1, 0.15) is 12.0 Å². The average Bonchev–Trinajstić information content (AvgIpc) is 2.39. The average molecular weight is 221 g/mol. The van der Waals surface area contributed by atoms with Gasteiger partial charge in [0.2, 0.25) is 0 Å². The molecular weight excluding hydrogens is 206 g/mol. The van der Waals surface area contributed by atoms with Crippen LogP contribution in [0.15, 0.2) is 72.0 Å². The summed E-state index contributed by atoms with van der Waals surface area (Å²) in [5.41, 5.74) is 10.8. The standard InChI is InChI=1S/C16H15N/c17-14-9-10-16-13(11-14)7-4-8-15(16)12-5-2-1-3-6-12/h1-10,13H,11,17H2. The summed E-state index contributed by atoms with van der Waals surface area (Å²) in [6.07, 6.45) is 11.7. The molecule has 0 aromatic heterocycles. The quantitative estimate of drug-likeness (QED) is 0.772. The fraction of sp³-hybridized carbons (Fsp3) is 0.125. The lowest BCUT2D eigenvalue weighted by Gasteiger charge is -2.25. The molecule has 2 aliphatic rings. The van der Waals surface area contributed by atoms with Gasteiger partial charge in [0.1, 0.15) is 0 Å². The van der Waals surface area contributed by atoms with E-state index in [1.165, 1.54) is 16.7 Å². The number of benzene rings is 1. The van der Waals surface area contributed by atoms with Crippen LogP contribution < -0.4 is 5.73 Å². The van der Waals surface area contributed by atoms with Crippen molar-refractivity contribution in [1.82, 2.24) is 0 Å². The van der Waals surface area contributed by atoms with Crippen LogP contribution in [0.25, 0.3) is 5.57 Å². The highest BCUT2D eigenvalue weighted by Crippen LogP contribution is 2.37. The number of nitrogens with two attached hydrogens (primary N) is 1.